The summed E-state index contributed by atoms with van der Waals surface area (Å²) in [5.41, 5.74) is 1.53. The Morgan fingerprint density at radius 3 is 2.45 bits per heavy atom. The minimum absolute atomic E-state index is 0.0706. The Bertz CT molecular complexity index is 989. The molecule has 1 amide bonds. The van der Waals surface area contributed by atoms with Crippen LogP contribution in [0.5, 0.6) is 0 Å². The van der Waals surface area contributed by atoms with Gasteiger partial charge >= 0.3 is 5.97 Å². The SMILES string of the molecule is C=CC[C@@H]1O[C@@H](c2cccc(Cl)c2)[C@@H](c2ccc(Cl)cc2)N(C(C(=O)O)C2CC2)C1=O. The van der Waals surface area contributed by atoms with Crippen molar-refractivity contribution in [2.75, 3.05) is 0 Å². The van der Waals surface area contributed by atoms with Crippen molar-refractivity contribution in [3.63, 3.8) is 0 Å². The molecule has 1 N–H and O–H groups in total. The second kappa shape index (κ2) is 9.03. The molecule has 1 heterocycles. The summed E-state index contributed by atoms with van der Waals surface area (Å²) in [5, 5.41) is 11.2. The Morgan fingerprint density at radius 1 is 1.16 bits per heavy atom. The van der Waals surface area contributed by atoms with Crippen molar-refractivity contribution < 1.29 is 19.4 Å². The molecule has 1 aliphatic heterocycles. The average Bonchev–Trinajstić information content (AvgIpc) is 3.56. The molecule has 31 heavy (non-hydrogen) atoms. The van der Waals surface area contributed by atoms with E-state index in [4.69, 9.17) is 27.9 Å². The zero-order valence-electron chi connectivity index (χ0n) is 16.8. The molecule has 1 saturated heterocycles. The van der Waals surface area contributed by atoms with E-state index in [1.165, 1.54) is 4.90 Å². The molecule has 0 aromatic heterocycles. The number of hydrogen-bond donors (Lipinski definition) is 1. The summed E-state index contributed by atoms with van der Waals surface area (Å²) in [6.07, 6.45) is 2.06. The molecule has 0 bridgehead atoms. The minimum atomic E-state index is -1.00. The number of carboxylic acids is 1. The molecule has 1 aliphatic carbocycles. The van der Waals surface area contributed by atoms with Crippen molar-refractivity contribution >= 4 is 35.1 Å². The maximum atomic E-state index is 13.5. The summed E-state index contributed by atoms with van der Waals surface area (Å²) in [5.74, 6) is -1.41. The van der Waals surface area contributed by atoms with Crippen LogP contribution in [0.15, 0.2) is 61.2 Å². The van der Waals surface area contributed by atoms with E-state index in [2.05, 4.69) is 6.58 Å². The molecule has 2 fully saturated rings. The Kier molecular flexibility index (Phi) is 6.37. The summed E-state index contributed by atoms with van der Waals surface area (Å²) < 4.78 is 6.29. The second-order valence-corrected chi connectivity index (χ2v) is 8.86. The largest absolute Gasteiger partial charge is 0.480 e. The summed E-state index contributed by atoms with van der Waals surface area (Å²) in [6, 6.07) is 12.8. The van der Waals surface area contributed by atoms with Gasteiger partial charge in [0.2, 0.25) is 0 Å². The summed E-state index contributed by atoms with van der Waals surface area (Å²) in [4.78, 5) is 27.4. The third kappa shape index (κ3) is 4.49. The van der Waals surface area contributed by atoms with Crippen molar-refractivity contribution in [2.45, 2.75) is 43.6 Å². The molecule has 2 aromatic carbocycles. The van der Waals surface area contributed by atoms with Gasteiger partial charge in [-0.2, -0.15) is 0 Å². The topological polar surface area (TPSA) is 66.8 Å². The molecule has 1 saturated carbocycles. The van der Waals surface area contributed by atoms with Crippen LogP contribution < -0.4 is 0 Å². The van der Waals surface area contributed by atoms with Gasteiger partial charge in [-0.1, -0.05) is 53.5 Å². The van der Waals surface area contributed by atoms with Gasteiger partial charge in [0.1, 0.15) is 18.2 Å². The quantitative estimate of drug-likeness (QED) is 0.559. The van der Waals surface area contributed by atoms with Gasteiger partial charge in [0.25, 0.3) is 5.91 Å². The van der Waals surface area contributed by atoms with Crippen molar-refractivity contribution in [3.05, 3.63) is 82.4 Å². The Hall–Kier alpha value is -2.34. The van der Waals surface area contributed by atoms with E-state index in [-0.39, 0.29) is 18.2 Å². The molecule has 5 nitrogen and oxygen atoms in total. The number of rotatable bonds is 7. The number of nitrogens with zero attached hydrogens (tertiary/aromatic N) is 1. The van der Waals surface area contributed by atoms with Gasteiger partial charge in [-0.05, 0) is 54.2 Å². The fraction of sp³-hybridized carbons (Fsp3) is 0.333. The molecular formula is C24H23Cl2NO4. The first-order valence-electron chi connectivity index (χ1n) is 10.2. The predicted octanol–water partition coefficient (Wildman–Crippen LogP) is 5.44. The molecule has 162 valence electrons. The average molecular weight is 460 g/mol. The van der Waals surface area contributed by atoms with Gasteiger partial charge < -0.3 is 14.7 Å². The van der Waals surface area contributed by atoms with Crippen LogP contribution in [0.3, 0.4) is 0 Å². The van der Waals surface area contributed by atoms with Crippen LogP contribution in [0.4, 0.5) is 0 Å². The van der Waals surface area contributed by atoms with Crippen LogP contribution in [0.25, 0.3) is 0 Å². The summed E-state index contributed by atoms with van der Waals surface area (Å²) in [6.45, 7) is 3.74. The lowest BCUT2D eigenvalue weighted by Gasteiger charge is -2.47. The van der Waals surface area contributed by atoms with E-state index in [0.717, 1.165) is 24.0 Å². The molecule has 0 radical (unpaired) electrons. The fourth-order valence-corrected chi connectivity index (χ4v) is 4.60. The zero-order chi connectivity index (χ0) is 22.1. The maximum absolute atomic E-state index is 13.5. The van der Waals surface area contributed by atoms with Crippen LogP contribution in [-0.2, 0) is 14.3 Å². The number of ether oxygens (including phenoxy) is 1. The van der Waals surface area contributed by atoms with E-state index in [1.54, 1.807) is 30.3 Å². The molecular weight excluding hydrogens is 437 g/mol. The first-order valence-corrected chi connectivity index (χ1v) is 11.0. The summed E-state index contributed by atoms with van der Waals surface area (Å²) in [7, 11) is 0. The van der Waals surface area contributed by atoms with Crippen molar-refractivity contribution in [3.8, 4) is 0 Å². The monoisotopic (exact) mass is 459 g/mol. The Morgan fingerprint density at radius 2 is 1.87 bits per heavy atom. The normalized spacial score (nSPS) is 24.6. The van der Waals surface area contributed by atoms with Crippen LogP contribution in [0.2, 0.25) is 10.0 Å². The third-order valence-corrected chi connectivity index (χ3v) is 6.31. The first kappa shape index (κ1) is 21.9. The lowest BCUT2D eigenvalue weighted by atomic mass is 9.89. The van der Waals surface area contributed by atoms with Crippen molar-refractivity contribution in [1.29, 1.82) is 0 Å². The third-order valence-electron chi connectivity index (χ3n) is 5.82. The van der Waals surface area contributed by atoms with E-state index < -0.39 is 30.3 Å². The van der Waals surface area contributed by atoms with Crippen LogP contribution in [0, 0.1) is 5.92 Å². The number of benzene rings is 2. The van der Waals surface area contributed by atoms with E-state index in [0.29, 0.717) is 10.0 Å². The number of carbonyl (C=O) groups is 2. The van der Waals surface area contributed by atoms with Gasteiger partial charge in [0.15, 0.2) is 0 Å². The van der Waals surface area contributed by atoms with E-state index in [1.807, 2.05) is 24.3 Å². The molecule has 1 unspecified atom stereocenters. The molecule has 2 aromatic rings. The first-order chi connectivity index (χ1) is 14.9. The van der Waals surface area contributed by atoms with Crippen molar-refractivity contribution in [1.82, 2.24) is 4.90 Å². The van der Waals surface area contributed by atoms with Gasteiger partial charge in [-0.25, -0.2) is 4.79 Å². The van der Waals surface area contributed by atoms with Crippen LogP contribution >= 0.6 is 23.2 Å². The Labute approximate surface area is 191 Å². The molecule has 4 rings (SSSR count). The van der Waals surface area contributed by atoms with E-state index >= 15 is 0 Å². The van der Waals surface area contributed by atoms with Crippen LogP contribution in [0.1, 0.15) is 42.5 Å². The minimum Gasteiger partial charge on any atom is -0.480 e. The van der Waals surface area contributed by atoms with Gasteiger partial charge in [-0.15, -0.1) is 6.58 Å². The lowest BCUT2D eigenvalue weighted by Crippen LogP contribution is -2.57. The number of carboxylic acid groups (broad SMARTS) is 1. The summed E-state index contributed by atoms with van der Waals surface area (Å²) >= 11 is 12.3. The molecule has 4 atom stereocenters. The number of amides is 1. The van der Waals surface area contributed by atoms with Gasteiger partial charge in [-0.3, -0.25) is 4.79 Å². The predicted molar refractivity (Wildman–Crippen MR) is 119 cm³/mol. The molecule has 0 spiro atoms. The number of aliphatic carboxylic acids is 1. The van der Waals surface area contributed by atoms with E-state index in [9.17, 15) is 14.7 Å². The number of morpholine rings is 1. The second-order valence-electron chi connectivity index (χ2n) is 7.99. The lowest BCUT2D eigenvalue weighted by molar-refractivity contribution is -0.185. The Balaban J connectivity index is 1.88. The molecule has 7 heteroatoms. The number of halogens is 2. The highest BCUT2D eigenvalue weighted by Gasteiger charge is 2.52. The standard InChI is InChI=1S/C24H23Cl2NO4/c1-2-4-19-23(28)27(21(24(29)30)15-7-8-15)20(14-9-11-17(25)12-10-14)22(31-19)16-5-3-6-18(26)13-16/h2-3,5-6,9-13,15,19-22H,1,4,7-8H2,(H,29,30)/t19-,20+,21?,22-/m0/s1. The highest BCUT2D eigenvalue weighted by molar-refractivity contribution is 6.30. The number of hydrogen-bond acceptors (Lipinski definition) is 3. The van der Waals surface area contributed by atoms with Gasteiger partial charge in [0.05, 0.1) is 6.04 Å². The smallest absolute Gasteiger partial charge is 0.326 e. The van der Waals surface area contributed by atoms with Crippen LogP contribution in [-0.4, -0.2) is 34.0 Å². The molecule has 2 aliphatic rings. The fourth-order valence-electron chi connectivity index (χ4n) is 4.28. The van der Waals surface area contributed by atoms with Crippen molar-refractivity contribution in [2.24, 2.45) is 5.92 Å². The maximum Gasteiger partial charge on any atom is 0.326 e. The van der Waals surface area contributed by atoms with Gasteiger partial charge in [0, 0.05) is 16.5 Å². The zero-order valence-corrected chi connectivity index (χ0v) is 18.3. The number of carbonyl (C=O) groups excluding carboxylic acids is 1. The highest BCUT2D eigenvalue weighted by Crippen LogP contribution is 2.47. The highest BCUT2D eigenvalue weighted by atomic mass is 35.5.